The summed E-state index contributed by atoms with van der Waals surface area (Å²) in [5.74, 6) is 0.855. The quantitative estimate of drug-likeness (QED) is 0.692. The molecule has 0 bridgehead atoms. The second-order valence-electron chi connectivity index (χ2n) is 5.57. The number of ether oxygens (including phenoxy) is 1. The third-order valence-electron chi connectivity index (χ3n) is 3.98. The van der Waals surface area contributed by atoms with E-state index in [-0.39, 0.29) is 12.4 Å². The van der Waals surface area contributed by atoms with Crippen molar-refractivity contribution < 1.29 is 17.1 Å². The monoisotopic (exact) mass is 414 g/mol. The molecule has 0 saturated heterocycles. The normalized spacial score (nSPS) is 14.0. The van der Waals surface area contributed by atoms with Gasteiger partial charge >= 0.3 is 0 Å². The van der Waals surface area contributed by atoms with E-state index in [4.69, 9.17) is 16.3 Å². The predicted molar refractivity (Wildman–Crippen MR) is 94.7 cm³/mol. The number of rotatable bonds is 5. The molecule has 5 heteroatoms. The van der Waals surface area contributed by atoms with Crippen LogP contribution in [0, 0.1) is 0 Å². The Morgan fingerprint density at radius 1 is 1.13 bits per heavy atom. The highest BCUT2D eigenvalue weighted by Gasteiger charge is 2.14. The molecular formula is C18H19BrCl2NO-. The second kappa shape index (κ2) is 8.93. The summed E-state index contributed by atoms with van der Waals surface area (Å²) in [7, 11) is 0. The average molecular weight is 416 g/mol. The van der Waals surface area contributed by atoms with Gasteiger partial charge in [0, 0.05) is 24.7 Å². The number of hydrogen-bond acceptors (Lipinski definition) is 2. The van der Waals surface area contributed by atoms with Gasteiger partial charge in [-0.05, 0) is 58.1 Å². The van der Waals surface area contributed by atoms with Gasteiger partial charge < -0.3 is 17.1 Å². The molecule has 0 N–H and O–H groups in total. The lowest BCUT2D eigenvalue weighted by Gasteiger charge is -2.28. The van der Waals surface area contributed by atoms with Gasteiger partial charge in [-0.3, -0.25) is 4.90 Å². The second-order valence-corrected chi connectivity index (χ2v) is 6.86. The molecule has 0 saturated carbocycles. The zero-order valence-corrected chi connectivity index (χ0v) is 15.9. The number of hydrogen-bond donors (Lipinski definition) is 0. The van der Waals surface area contributed by atoms with Crippen molar-refractivity contribution in [1.82, 2.24) is 4.90 Å². The molecule has 0 aliphatic carbocycles. The van der Waals surface area contributed by atoms with Crippen molar-refractivity contribution in [2.45, 2.75) is 19.4 Å². The SMILES string of the molecule is Clc1ccc(OCCCN2CCc3ccccc3C2)c(Br)c1.[Cl-]. The minimum atomic E-state index is 0. The summed E-state index contributed by atoms with van der Waals surface area (Å²) in [5, 5.41) is 0.714. The fourth-order valence-electron chi connectivity index (χ4n) is 2.81. The third-order valence-corrected chi connectivity index (χ3v) is 4.83. The van der Waals surface area contributed by atoms with Crippen LogP contribution in [0.4, 0.5) is 0 Å². The molecule has 1 aliphatic rings. The van der Waals surface area contributed by atoms with E-state index in [1.165, 1.54) is 11.1 Å². The molecule has 124 valence electrons. The van der Waals surface area contributed by atoms with E-state index in [0.717, 1.165) is 49.3 Å². The lowest BCUT2D eigenvalue weighted by Crippen LogP contribution is -3.00. The molecule has 1 heterocycles. The molecule has 2 aromatic rings. The Bertz CT molecular complexity index is 651. The Morgan fingerprint density at radius 2 is 1.91 bits per heavy atom. The minimum Gasteiger partial charge on any atom is -1.00 e. The molecule has 0 unspecified atom stereocenters. The van der Waals surface area contributed by atoms with Crippen molar-refractivity contribution in [1.29, 1.82) is 0 Å². The van der Waals surface area contributed by atoms with Crippen LogP contribution >= 0.6 is 27.5 Å². The van der Waals surface area contributed by atoms with Crippen molar-refractivity contribution >= 4 is 27.5 Å². The summed E-state index contributed by atoms with van der Waals surface area (Å²) in [6.07, 6.45) is 2.18. The number of nitrogens with zero attached hydrogens (tertiary/aromatic N) is 1. The topological polar surface area (TPSA) is 12.5 Å². The fraction of sp³-hybridized carbons (Fsp3) is 0.333. The minimum absolute atomic E-state index is 0. The maximum Gasteiger partial charge on any atom is 0.133 e. The van der Waals surface area contributed by atoms with E-state index in [2.05, 4.69) is 45.1 Å². The highest BCUT2D eigenvalue weighted by atomic mass is 79.9. The zero-order chi connectivity index (χ0) is 15.4. The lowest BCUT2D eigenvalue weighted by molar-refractivity contribution is -0.00000470. The largest absolute Gasteiger partial charge is 1.00 e. The molecule has 0 fully saturated rings. The van der Waals surface area contributed by atoms with Crippen LogP contribution in [0.2, 0.25) is 5.02 Å². The molecule has 2 aromatic carbocycles. The Labute approximate surface area is 157 Å². The fourth-order valence-corrected chi connectivity index (χ4v) is 3.60. The molecule has 23 heavy (non-hydrogen) atoms. The van der Waals surface area contributed by atoms with Gasteiger partial charge in [0.25, 0.3) is 0 Å². The third kappa shape index (κ3) is 5.12. The van der Waals surface area contributed by atoms with Gasteiger partial charge in [0.2, 0.25) is 0 Å². The smallest absolute Gasteiger partial charge is 0.133 e. The molecule has 2 nitrogen and oxygen atoms in total. The van der Waals surface area contributed by atoms with Gasteiger partial charge in [-0.2, -0.15) is 0 Å². The van der Waals surface area contributed by atoms with Crippen LogP contribution in [0.15, 0.2) is 46.9 Å². The maximum atomic E-state index is 5.93. The van der Waals surface area contributed by atoms with E-state index >= 15 is 0 Å². The zero-order valence-electron chi connectivity index (χ0n) is 12.8. The number of benzene rings is 2. The summed E-state index contributed by atoms with van der Waals surface area (Å²) in [6.45, 7) is 3.99. The van der Waals surface area contributed by atoms with Crippen LogP contribution in [0.1, 0.15) is 17.5 Å². The first-order valence-electron chi connectivity index (χ1n) is 7.59. The molecule has 0 radical (unpaired) electrons. The van der Waals surface area contributed by atoms with E-state index in [1.807, 2.05) is 18.2 Å². The summed E-state index contributed by atoms with van der Waals surface area (Å²) in [6, 6.07) is 14.4. The molecule has 0 amide bonds. The van der Waals surface area contributed by atoms with Crippen molar-refractivity contribution in [3.63, 3.8) is 0 Å². The molecular weight excluding hydrogens is 397 g/mol. The Hall–Kier alpha value is -0.740. The Morgan fingerprint density at radius 3 is 2.70 bits per heavy atom. The number of fused-ring (bicyclic) bond motifs is 1. The molecule has 1 aliphatic heterocycles. The molecule has 0 aromatic heterocycles. The van der Waals surface area contributed by atoms with Gasteiger partial charge in [0.1, 0.15) is 5.75 Å². The summed E-state index contributed by atoms with van der Waals surface area (Å²) in [4.78, 5) is 2.50. The summed E-state index contributed by atoms with van der Waals surface area (Å²) >= 11 is 9.40. The Kier molecular flexibility index (Phi) is 7.22. The summed E-state index contributed by atoms with van der Waals surface area (Å²) < 4.78 is 6.73. The highest BCUT2D eigenvalue weighted by molar-refractivity contribution is 9.10. The van der Waals surface area contributed by atoms with Crippen LogP contribution in [0.5, 0.6) is 5.75 Å². The van der Waals surface area contributed by atoms with Gasteiger partial charge in [0.15, 0.2) is 0 Å². The van der Waals surface area contributed by atoms with E-state index in [0.29, 0.717) is 5.02 Å². The van der Waals surface area contributed by atoms with Gasteiger partial charge in [-0.15, -0.1) is 0 Å². The molecule has 0 atom stereocenters. The van der Waals surface area contributed by atoms with Crippen LogP contribution in [-0.2, 0) is 13.0 Å². The average Bonchev–Trinajstić information content (AvgIpc) is 2.53. The van der Waals surface area contributed by atoms with Crippen molar-refractivity contribution in [3.05, 3.63) is 63.1 Å². The first-order valence-corrected chi connectivity index (χ1v) is 8.76. The van der Waals surface area contributed by atoms with Crippen molar-refractivity contribution in [3.8, 4) is 5.75 Å². The Balaban J connectivity index is 0.00000192. The van der Waals surface area contributed by atoms with Crippen LogP contribution in [-0.4, -0.2) is 24.6 Å². The highest BCUT2D eigenvalue weighted by Crippen LogP contribution is 2.28. The van der Waals surface area contributed by atoms with E-state index in [1.54, 1.807) is 0 Å². The lowest BCUT2D eigenvalue weighted by atomic mass is 10.00. The number of halogens is 3. The van der Waals surface area contributed by atoms with Crippen LogP contribution < -0.4 is 17.1 Å². The first-order chi connectivity index (χ1) is 10.7. The van der Waals surface area contributed by atoms with E-state index < -0.39 is 0 Å². The van der Waals surface area contributed by atoms with Crippen LogP contribution in [0.25, 0.3) is 0 Å². The van der Waals surface area contributed by atoms with Crippen molar-refractivity contribution in [2.24, 2.45) is 0 Å². The van der Waals surface area contributed by atoms with Gasteiger partial charge in [-0.25, -0.2) is 0 Å². The van der Waals surface area contributed by atoms with E-state index in [9.17, 15) is 0 Å². The first kappa shape index (κ1) is 18.6. The summed E-state index contributed by atoms with van der Waals surface area (Å²) in [5.41, 5.74) is 2.97. The predicted octanol–water partition coefficient (Wildman–Crippen LogP) is 1.93. The van der Waals surface area contributed by atoms with Gasteiger partial charge in [-0.1, -0.05) is 35.9 Å². The maximum absolute atomic E-state index is 5.93. The molecule has 3 rings (SSSR count). The van der Waals surface area contributed by atoms with Crippen molar-refractivity contribution in [2.75, 3.05) is 19.7 Å². The van der Waals surface area contributed by atoms with Crippen LogP contribution in [0.3, 0.4) is 0 Å². The van der Waals surface area contributed by atoms with Gasteiger partial charge in [0.05, 0.1) is 11.1 Å². The standard InChI is InChI=1S/C18H19BrClNO.ClH/c19-17-12-16(20)6-7-18(17)22-11-3-9-21-10-8-14-4-1-2-5-15(14)13-21;/h1-2,4-7,12H,3,8-11,13H2;1H/p-1. The molecule has 0 spiro atoms.